The quantitative estimate of drug-likeness (QED) is 0.846. The van der Waals surface area contributed by atoms with Crippen LogP contribution < -0.4 is 4.74 Å². The fourth-order valence-corrected chi connectivity index (χ4v) is 2.83. The second-order valence-corrected chi connectivity index (χ2v) is 6.83. The summed E-state index contributed by atoms with van der Waals surface area (Å²) >= 11 is 5.75. The maximum absolute atomic E-state index is 11.4. The number of aromatic nitrogens is 1. The number of carboxylic acid groups (broad SMARTS) is 1. The Morgan fingerprint density at radius 3 is 2.71 bits per heavy atom. The molecule has 21 heavy (non-hydrogen) atoms. The van der Waals surface area contributed by atoms with Crippen molar-refractivity contribution in [1.82, 2.24) is 9.88 Å². The van der Waals surface area contributed by atoms with Gasteiger partial charge in [-0.2, -0.15) is 0 Å². The molecule has 1 amide bonds. The molecule has 116 valence electrons. The van der Waals surface area contributed by atoms with Gasteiger partial charge in [0.05, 0.1) is 6.20 Å². The summed E-state index contributed by atoms with van der Waals surface area (Å²) in [5.41, 5.74) is -0.126. The fourth-order valence-electron chi connectivity index (χ4n) is 2.71. The third kappa shape index (κ3) is 4.00. The lowest BCUT2D eigenvalue weighted by Gasteiger charge is -2.44. The van der Waals surface area contributed by atoms with Gasteiger partial charge in [-0.15, -0.1) is 0 Å². The minimum atomic E-state index is -0.860. The molecule has 1 aliphatic heterocycles. The number of piperidine rings is 1. The molecular weight excluding hydrogens is 292 g/mol. The van der Waals surface area contributed by atoms with Crippen molar-refractivity contribution in [1.29, 1.82) is 0 Å². The maximum atomic E-state index is 11.4. The normalized spacial score (nSPS) is 23.0. The SMILES string of the molecule is CC(C)(C)C1CC(Oc2ccc(Cl)nc2)CCN1C(=O)O. The van der Waals surface area contributed by atoms with E-state index in [-0.39, 0.29) is 17.6 Å². The Balaban J connectivity index is 2.07. The molecule has 1 aromatic rings. The Morgan fingerprint density at radius 2 is 2.19 bits per heavy atom. The average Bonchev–Trinajstić information content (AvgIpc) is 2.40. The van der Waals surface area contributed by atoms with Crippen molar-refractivity contribution in [3.05, 3.63) is 23.5 Å². The largest absolute Gasteiger partial charge is 0.489 e. The van der Waals surface area contributed by atoms with Gasteiger partial charge in [0.1, 0.15) is 17.0 Å². The predicted molar refractivity (Wildman–Crippen MR) is 80.9 cm³/mol. The number of amides is 1. The first-order valence-electron chi connectivity index (χ1n) is 7.05. The molecule has 0 spiro atoms. The number of carbonyl (C=O) groups is 1. The van der Waals surface area contributed by atoms with Gasteiger partial charge < -0.3 is 14.7 Å². The standard InChI is InChI=1S/C15H21ClN2O3/c1-15(2,3)12-8-10(6-7-18(12)14(19)20)21-11-4-5-13(16)17-9-11/h4-5,9-10,12H,6-8H2,1-3H3,(H,19,20). The number of halogens is 1. The summed E-state index contributed by atoms with van der Waals surface area (Å²) in [6.45, 7) is 6.66. The zero-order valence-corrected chi connectivity index (χ0v) is 13.3. The molecule has 0 aliphatic carbocycles. The number of nitrogens with zero attached hydrogens (tertiary/aromatic N) is 2. The van der Waals surface area contributed by atoms with Crippen molar-refractivity contribution in [3.8, 4) is 5.75 Å². The van der Waals surface area contributed by atoms with Crippen LogP contribution in [0.2, 0.25) is 5.15 Å². The van der Waals surface area contributed by atoms with Crippen LogP contribution in [-0.2, 0) is 0 Å². The van der Waals surface area contributed by atoms with Crippen molar-refractivity contribution in [2.24, 2.45) is 5.41 Å². The Hall–Kier alpha value is -1.49. The van der Waals surface area contributed by atoms with Crippen LogP contribution in [0.3, 0.4) is 0 Å². The van der Waals surface area contributed by atoms with Gasteiger partial charge in [0.25, 0.3) is 0 Å². The topological polar surface area (TPSA) is 62.7 Å². The summed E-state index contributed by atoms with van der Waals surface area (Å²) in [5.74, 6) is 0.667. The van der Waals surface area contributed by atoms with Crippen molar-refractivity contribution >= 4 is 17.7 Å². The van der Waals surface area contributed by atoms with E-state index in [1.807, 2.05) is 0 Å². The third-order valence-electron chi connectivity index (χ3n) is 3.80. The van der Waals surface area contributed by atoms with Crippen LogP contribution in [-0.4, -0.2) is 39.8 Å². The first kappa shape index (κ1) is 15.9. The lowest BCUT2D eigenvalue weighted by Crippen LogP contribution is -2.53. The van der Waals surface area contributed by atoms with Crippen molar-refractivity contribution < 1.29 is 14.6 Å². The summed E-state index contributed by atoms with van der Waals surface area (Å²) in [4.78, 5) is 16.9. The molecule has 2 atom stereocenters. The van der Waals surface area contributed by atoms with Crippen LogP contribution in [0.4, 0.5) is 4.79 Å². The van der Waals surface area contributed by atoms with Crippen LogP contribution in [0.25, 0.3) is 0 Å². The van der Waals surface area contributed by atoms with E-state index in [9.17, 15) is 9.90 Å². The van der Waals surface area contributed by atoms with Crippen molar-refractivity contribution in [3.63, 3.8) is 0 Å². The second kappa shape index (κ2) is 6.10. The van der Waals surface area contributed by atoms with E-state index in [2.05, 4.69) is 25.8 Å². The minimum absolute atomic E-state index is 0.00667. The molecule has 0 aromatic carbocycles. The molecule has 2 heterocycles. The summed E-state index contributed by atoms with van der Waals surface area (Å²) in [6.07, 6.45) is 2.09. The van der Waals surface area contributed by atoms with Gasteiger partial charge in [0, 0.05) is 25.4 Å². The average molecular weight is 313 g/mol. The Kier molecular flexibility index (Phi) is 4.61. The van der Waals surface area contributed by atoms with Gasteiger partial charge in [0.15, 0.2) is 0 Å². The molecule has 0 saturated carbocycles. The third-order valence-corrected chi connectivity index (χ3v) is 4.03. The maximum Gasteiger partial charge on any atom is 0.407 e. The molecule has 1 saturated heterocycles. The van der Waals surface area contributed by atoms with Crippen LogP contribution >= 0.6 is 11.6 Å². The lowest BCUT2D eigenvalue weighted by atomic mass is 9.80. The molecule has 1 fully saturated rings. The summed E-state index contributed by atoms with van der Waals surface area (Å²) < 4.78 is 5.92. The van der Waals surface area contributed by atoms with E-state index >= 15 is 0 Å². The van der Waals surface area contributed by atoms with Gasteiger partial charge in [-0.25, -0.2) is 9.78 Å². The van der Waals surface area contributed by atoms with E-state index in [4.69, 9.17) is 16.3 Å². The molecule has 0 bridgehead atoms. The minimum Gasteiger partial charge on any atom is -0.489 e. The van der Waals surface area contributed by atoms with E-state index in [1.54, 1.807) is 18.3 Å². The van der Waals surface area contributed by atoms with Crippen molar-refractivity contribution in [2.75, 3.05) is 6.54 Å². The van der Waals surface area contributed by atoms with Crippen molar-refractivity contribution in [2.45, 2.75) is 45.8 Å². The van der Waals surface area contributed by atoms with E-state index in [0.717, 1.165) is 0 Å². The monoisotopic (exact) mass is 312 g/mol. The van der Waals surface area contributed by atoms with E-state index in [1.165, 1.54) is 4.90 Å². The predicted octanol–water partition coefficient (Wildman–Crippen LogP) is 3.67. The number of pyridine rings is 1. The molecule has 5 nitrogen and oxygen atoms in total. The van der Waals surface area contributed by atoms with Gasteiger partial charge in [-0.1, -0.05) is 32.4 Å². The van der Waals surface area contributed by atoms with E-state index in [0.29, 0.717) is 30.3 Å². The smallest absolute Gasteiger partial charge is 0.407 e. The number of hydrogen-bond donors (Lipinski definition) is 1. The van der Waals surface area contributed by atoms with Gasteiger partial charge in [-0.3, -0.25) is 0 Å². The first-order chi connectivity index (χ1) is 9.77. The van der Waals surface area contributed by atoms with Crippen LogP contribution in [0.1, 0.15) is 33.6 Å². The molecule has 6 heteroatoms. The van der Waals surface area contributed by atoms with E-state index < -0.39 is 6.09 Å². The number of rotatable bonds is 2. The highest BCUT2D eigenvalue weighted by Crippen LogP contribution is 2.33. The number of ether oxygens (including phenoxy) is 1. The van der Waals surface area contributed by atoms with Gasteiger partial charge in [0.2, 0.25) is 0 Å². The number of hydrogen-bond acceptors (Lipinski definition) is 3. The molecule has 2 rings (SSSR count). The highest BCUT2D eigenvalue weighted by Gasteiger charge is 2.39. The zero-order chi connectivity index (χ0) is 15.6. The Labute approximate surface area is 129 Å². The molecule has 1 N–H and O–H groups in total. The Morgan fingerprint density at radius 1 is 1.48 bits per heavy atom. The zero-order valence-electron chi connectivity index (χ0n) is 12.5. The molecule has 2 unspecified atom stereocenters. The highest BCUT2D eigenvalue weighted by atomic mass is 35.5. The van der Waals surface area contributed by atoms with Crippen LogP contribution in [0.5, 0.6) is 5.75 Å². The first-order valence-corrected chi connectivity index (χ1v) is 7.43. The Bertz CT molecular complexity index is 499. The van der Waals surface area contributed by atoms with Crippen LogP contribution in [0, 0.1) is 5.41 Å². The van der Waals surface area contributed by atoms with Crippen LogP contribution in [0.15, 0.2) is 18.3 Å². The fraction of sp³-hybridized carbons (Fsp3) is 0.600. The highest BCUT2D eigenvalue weighted by molar-refractivity contribution is 6.29. The molecule has 1 aromatic heterocycles. The summed E-state index contributed by atoms with van der Waals surface area (Å²) in [7, 11) is 0. The number of likely N-dealkylation sites (tertiary alicyclic amines) is 1. The summed E-state index contributed by atoms with van der Waals surface area (Å²) in [6, 6.07) is 3.41. The van der Waals surface area contributed by atoms with Gasteiger partial charge >= 0.3 is 6.09 Å². The molecule has 0 radical (unpaired) electrons. The molecular formula is C15H21ClN2O3. The molecule has 1 aliphatic rings. The van der Waals surface area contributed by atoms with Gasteiger partial charge in [-0.05, 0) is 17.5 Å². The second-order valence-electron chi connectivity index (χ2n) is 6.44. The lowest BCUT2D eigenvalue weighted by molar-refractivity contribution is 0.0129. The summed E-state index contributed by atoms with van der Waals surface area (Å²) in [5, 5.41) is 9.77.